The highest BCUT2D eigenvalue weighted by Gasteiger charge is 2.23. The molecule has 3 nitrogen and oxygen atoms in total. The fourth-order valence-corrected chi connectivity index (χ4v) is 2.60. The zero-order valence-electron chi connectivity index (χ0n) is 9.76. The van der Waals surface area contributed by atoms with E-state index in [-0.39, 0.29) is 12.2 Å². The van der Waals surface area contributed by atoms with Crippen molar-refractivity contribution >= 4 is 17.3 Å². The highest BCUT2D eigenvalue weighted by Crippen LogP contribution is 2.24. The van der Waals surface area contributed by atoms with Gasteiger partial charge in [0.25, 0.3) is 0 Å². The Labute approximate surface area is 108 Å². The second-order valence-corrected chi connectivity index (χ2v) is 4.94. The van der Waals surface area contributed by atoms with Crippen molar-refractivity contribution in [1.82, 2.24) is 4.98 Å². The van der Waals surface area contributed by atoms with Crippen LogP contribution in [-0.2, 0) is 11.2 Å². The molecule has 1 aromatic heterocycles. The Morgan fingerprint density at radius 2 is 2.33 bits per heavy atom. The average molecular weight is 265 g/mol. The summed E-state index contributed by atoms with van der Waals surface area (Å²) in [6, 6.07) is 6.00. The van der Waals surface area contributed by atoms with Crippen LogP contribution in [0, 0.1) is 12.7 Å². The van der Waals surface area contributed by atoms with Gasteiger partial charge in [-0.2, -0.15) is 0 Å². The SMILES string of the molecule is Cc1csc(C(Cc2cccc(F)c2)C(=O)O)n1. The highest BCUT2D eigenvalue weighted by atomic mass is 32.1. The molecule has 0 saturated carbocycles. The normalized spacial score (nSPS) is 12.3. The van der Waals surface area contributed by atoms with E-state index in [1.807, 2.05) is 12.3 Å². The van der Waals surface area contributed by atoms with Crippen LogP contribution in [0.2, 0.25) is 0 Å². The molecule has 1 atom stereocenters. The van der Waals surface area contributed by atoms with Crippen molar-refractivity contribution < 1.29 is 14.3 Å². The summed E-state index contributed by atoms with van der Waals surface area (Å²) in [5.74, 6) is -2.01. The summed E-state index contributed by atoms with van der Waals surface area (Å²) in [6.45, 7) is 1.82. The maximum atomic E-state index is 13.1. The number of aliphatic carboxylic acids is 1. The number of aryl methyl sites for hydroxylation is 1. The van der Waals surface area contributed by atoms with E-state index in [1.54, 1.807) is 12.1 Å². The maximum Gasteiger partial charge on any atom is 0.313 e. The van der Waals surface area contributed by atoms with Gasteiger partial charge in [0, 0.05) is 11.1 Å². The van der Waals surface area contributed by atoms with E-state index >= 15 is 0 Å². The average Bonchev–Trinajstić information content (AvgIpc) is 2.72. The molecule has 1 N–H and O–H groups in total. The molecule has 1 heterocycles. The van der Waals surface area contributed by atoms with Crippen molar-refractivity contribution in [3.05, 3.63) is 51.7 Å². The zero-order valence-corrected chi connectivity index (χ0v) is 10.6. The van der Waals surface area contributed by atoms with Gasteiger partial charge in [-0.15, -0.1) is 11.3 Å². The van der Waals surface area contributed by atoms with Gasteiger partial charge >= 0.3 is 5.97 Å². The van der Waals surface area contributed by atoms with Gasteiger partial charge in [0.05, 0.1) is 0 Å². The van der Waals surface area contributed by atoms with E-state index in [9.17, 15) is 14.3 Å². The Hall–Kier alpha value is -1.75. The van der Waals surface area contributed by atoms with Crippen LogP contribution in [0.25, 0.3) is 0 Å². The minimum atomic E-state index is -0.936. The van der Waals surface area contributed by atoms with Gasteiger partial charge < -0.3 is 5.11 Å². The Morgan fingerprint density at radius 1 is 1.56 bits per heavy atom. The number of nitrogens with zero attached hydrogens (tertiary/aromatic N) is 1. The lowest BCUT2D eigenvalue weighted by atomic mass is 10.00. The second kappa shape index (κ2) is 5.27. The number of hydrogen-bond acceptors (Lipinski definition) is 3. The summed E-state index contributed by atoms with van der Waals surface area (Å²) in [5, 5.41) is 11.6. The Balaban J connectivity index is 2.24. The third-order valence-electron chi connectivity index (χ3n) is 2.56. The van der Waals surface area contributed by atoms with Gasteiger partial charge in [0.1, 0.15) is 16.7 Å². The van der Waals surface area contributed by atoms with Crippen molar-refractivity contribution in [2.75, 3.05) is 0 Å². The number of halogens is 1. The molecule has 5 heteroatoms. The van der Waals surface area contributed by atoms with Crippen molar-refractivity contribution in [2.24, 2.45) is 0 Å². The van der Waals surface area contributed by atoms with Crippen LogP contribution in [-0.4, -0.2) is 16.1 Å². The summed E-state index contributed by atoms with van der Waals surface area (Å²) >= 11 is 1.32. The van der Waals surface area contributed by atoms with Crippen molar-refractivity contribution in [3.8, 4) is 0 Å². The zero-order chi connectivity index (χ0) is 13.1. The second-order valence-electron chi connectivity index (χ2n) is 4.05. The first kappa shape index (κ1) is 12.7. The van der Waals surface area contributed by atoms with E-state index in [4.69, 9.17) is 0 Å². The minimum absolute atomic E-state index is 0.250. The minimum Gasteiger partial charge on any atom is -0.481 e. The fraction of sp³-hybridized carbons (Fsp3) is 0.231. The molecule has 0 saturated heterocycles. The van der Waals surface area contributed by atoms with Gasteiger partial charge in [-0.25, -0.2) is 9.37 Å². The lowest BCUT2D eigenvalue weighted by Crippen LogP contribution is -2.14. The van der Waals surface area contributed by atoms with E-state index < -0.39 is 11.9 Å². The van der Waals surface area contributed by atoms with Crippen LogP contribution < -0.4 is 0 Å². The Morgan fingerprint density at radius 3 is 2.89 bits per heavy atom. The van der Waals surface area contributed by atoms with Crippen molar-refractivity contribution in [1.29, 1.82) is 0 Å². The number of carboxylic acid groups (broad SMARTS) is 1. The summed E-state index contributed by atoms with van der Waals surface area (Å²) in [7, 11) is 0. The molecule has 94 valence electrons. The molecular weight excluding hydrogens is 253 g/mol. The molecule has 2 aromatic rings. The number of thiazole rings is 1. The number of aromatic nitrogens is 1. The molecule has 0 bridgehead atoms. The lowest BCUT2D eigenvalue weighted by molar-refractivity contribution is -0.138. The predicted octanol–water partition coefficient (Wildman–Crippen LogP) is 3.00. The number of carboxylic acids is 1. The summed E-state index contributed by atoms with van der Waals surface area (Å²) in [4.78, 5) is 15.5. The first-order valence-corrected chi connectivity index (χ1v) is 6.33. The molecular formula is C13H12FNO2S. The molecule has 0 amide bonds. The number of carbonyl (C=O) groups is 1. The van der Waals surface area contributed by atoms with Crippen LogP contribution in [0.5, 0.6) is 0 Å². The van der Waals surface area contributed by atoms with E-state index in [0.717, 1.165) is 5.69 Å². The van der Waals surface area contributed by atoms with E-state index in [1.165, 1.54) is 23.5 Å². The third-order valence-corrected chi connectivity index (χ3v) is 3.64. The number of benzene rings is 1. The molecule has 0 aliphatic heterocycles. The maximum absolute atomic E-state index is 13.1. The topological polar surface area (TPSA) is 50.2 Å². The third kappa shape index (κ3) is 2.92. The molecule has 0 radical (unpaired) electrons. The van der Waals surface area contributed by atoms with Crippen LogP contribution >= 0.6 is 11.3 Å². The fourth-order valence-electron chi connectivity index (χ4n) is 1.71. The van der Waals surface area contributed by atoms with Crippen LogP contribution in [0.4, 0.5) is 4.39 Å². The first-order valence-electron chi connectivity index (χ1n) is 5.45. The Bertz CT molecular complexity index is 568. The monoisotopic (exact) mass is 265 g/mol. The van der Waals surface area contributed by atoms with E-state index in [2.05, 4.69) is 4.98 Å². The van der Waals surface area contributed by atoms with Crippen molar-refractivity contribution in [3.63, 3.8) is 0 Å². The van der Waals surface area contributed by atoms with Crippen LogP contribution in [0.15, 0.2) is 29.6 Å². The molecule has 0 spiro atoms. The molecule has 0 aliphatic rings. The summed E-state index contributed by atoms with van der Waals surface area (Å²) < 4.78 is 13.1. The smallest absolute Gasteiger partial charge is 0.313 e. The van der Waals surface area contributed by atoms with Gasteiger partial charge in [-0.1, -0.05) is 12.1 Å². The van der Waals surface area contributed by atoms with Gasteiger partial charge in [-0.05, 0) is 31.0 Å². The predicted molar refractivity (Wildman–Crippen MR) is 67.3 cm³/mol. The summed E-state index contributed by atoms with van der Waals surface area (Å²) in [6.07, 6.45) is 0.250. The van der Waals surface area contributed by atoms with Gasteiger partial charge in [0.2, 0.25) is 0 Å². The quantitative estimate of drug-likeness (QED) is 0.924. The van der Waals surface area contributed by atoms with Crippen LogP contribution in [0.1, 0.15) is 22.2 Å². The molecule has 0 aliphatic carbocycles. The van der Waals surface area contributed by atoms with Gasteiger partial charge in [0.15, 0.2) is 0 Å². The Kier molecular flexibility index (Phi) is 3.72. The number of rotatable bonds is 4. The van der Waals surface area contributed by atoms with Gasteiger partial charge in [-0.3, -0.25) is 4.79 Å². The molecule has 1 unspecified atom stereocenters. The van der Waals surface area contributed by atoms with Crippen molar-refractivity contribution in [2.45, 2.75) is 19.3 Å². The summed E-state index contributed by atoms with van der Waals surface area (Å²) in [5.41, 5.74) is 1.47. The molecule has 18 heavy (non-hydrogen) atoms. The van der Waals surface area contributed by atoms with E-state index in [0.29, 0.717) is 10.6 Å². The largest absolute Gasteiger partial charge is 0.481 e. The first-order chi connectivity index (χ1) is 8.56. The molecule has 1 aromatic carbocycles. The van der Waals surface area contributed by atoms with Crippen LogP contribution in [0.3, 0.4) is 0 Å². The lowest BCUT2D eigenvalue weighted by Gasteiger charge is -2.09. The molecule has 2 rings (SSSR count). The highest BCUT2D eigenvalue weighted by molar-refractivity contribution is 7.09. The number of hydrogen-bond donors (Lipinski definition) is 1. The molecule has 0 fully saturated rings. The standard InChI is InChI=1S/C13H12FNO2S/c1-8-7-18-12(15-8)11(13(16)17)6-9-3-2-4-10(14)5-9/h2-5,7,11H,6H2,1H3,(H,16,17).